The second-order valence-electron chi connectivity index (χ2n) is 4.15. The van der Waals surface area contributed by atoms with Crippen LogP contribution in [-0.2, 0) is 12.8 Å². The predicted octanol–water partition coefficient (Wildman–Crippen LogP) is 1.39. The van der Waals surface area contributed by atoms with Crippen molar-refractivity contribution in [3.63, 3.8) is 0 Å². The summed E-state index contributed by atoms with van der Waals surface area (Å²) in [5.74, 6) is 0.788. The molecule has 2 N–H and O–H groups in total. The van der Waals surface area contributed by atoms with Gasteiger partial charge in [-0.25, -0.2) is 9.97 Å². The SMILES string of the molecule is NC(=S)c1cc2c(nc1-n1ccnc1)CCC2. The molecule has 0 aliphatic heterocycles. The molecule has 0 spiro atoms. The van der Waals surface area contributed by atoms with Crippen LogP contribution in [0, 0.1) is 0 Å². The van der Waals surface area contributed by atoms with Gasteiger partial charge >= 0.3 is 0 Å². The van der Waals surface area contributed by atoms with Crippen LogP contribution in [0.5, 0.6) is 0 Å². The summed E-state index contributed by atoms with van der Waals surface area (Å²) in [6.07, 6.45) is 8.55. The van der Waals surface area contributed by atoms with Gasteiger partial charge in [-0.15, -0.1) is 0 Å². The maximum absolute atomic E-state index is 5.77. The van der Waals surface area contributed by atoms with Crippen LogP contribution in [0.4, 0.5) is 0 Å². The van der Waals surface area contributed by atoms with Gasteiger partial charge < -0.3 is 5.73 Å². The molecular formula is C12H12N4S. The molecule has 2 aromatic heterocycles. The molecule has 3 rings (SSSR count). The first-order valence-electron chi connectivity index (χ1n) is 5.56. The Morgan fingerprint density at radius 3 is 3.00 bits per heavy atom. The van der Waals surface area contributed by atoms with E-state index in [2.05, 4.69) is 16.0 Å². The van der Waals surface area contributed by atoms with Gasteiger partial charge in [-0.2, -0.15) is 0 Å². The summed E-state index contributed by atoms with van der Waals surface area (Å²) < 4.78 is 1.85. The highest BCUT2D eigenvalue weighted by atomic mass is 32.1. The monoisotopic (exact) mass is 244 g/mol. The Hall–Kier alpha value is -1.75. The van der Waals surface area contributed by atoms with E-state index in [0.29, 0.717) is 4.99 Å². The normalized spacial score (nSPS) is 13.6. The number of nitrogens with zero attached hydrogens (tertiary/aromatic N) is 3. The zero-order valence-electron chi connectivity index (χ0n) is 9.26. The van der Waals surface area contributed by atoms with Crippen molar-refractivity contribution in [2.24, 2.45) is 5.73 Å². The molecule has 0 fully saturated rings. The van der Waals surface area contributed by atoms with Crippen LogP contribution in [0.15, 0.2) is 24.8 Å². The van der Waals surface area contributed by atoms with Crippen LogP contribution in [0.25, 0.3) is 5.82 Å². The summed E-state index contributed by atoms with van der Waals surface area (Å²) in [6.45, 7) is 0. The van der Waals surface area contributed by atoms with Crippen LogP contribution < -0.4 is 5.73 Å². The third-order valence-corrected chi connectivity index (χ3v) is 3.27. The first-order valence-corrected chi connectivity index (χ1v) is 5.97. The number of nitrogens with two attached hydrogens (primary N) is 1. The zero-order valence-corrected chi connectivity index (χ0v) is 10.1. The summed E-state index contributed by atoms with van der Waals surface area (Å²) >= 11 is 5.10. The molecule has 0 saturated heterocycles. The van der Waals surface area contributed by atoms with Crippen molar-refractivity contribution in [2.45, 2.75) is 19.3 Å². The molecule has 5 heteroatoms. The number of thiocarbonyl (C=S) groups is 1. The lowest BCUT2D eigenvalue weighted by molar-refractivity contribution is 0.890. The number of rotatable bonds is 2. The van der Waals surface area contributed by atoms with Gasteiger partial charge in [-0.3, -0.25) is 4.57 Å². The smallest absolute Gasteiger partial charge is 0.148 e. The van der Waals surface area contributed by atoms with E-state index in [1.54, 1.807) is 12.5 Å². The topological polar surface area (TPSA) is 56.7 Å². The maximum atomic E-state index is 5.77. The second kappa shape index (κ2) is 3.92. The van der Waals surface area contributed by atoms with E-state index in [1.807, 2.05) is 10.8 Å². The average Bonchev–Trinajstić information content (AvgIpc) is 2.98. The summed E-state index contributed by atoms with van der Waals surface area (Å²) in [6, 6.07) is 2.08. The molecular weight excluding hydrogens is 232 g/mol. The number of fused-ring (bicyclic) bond motifs is 1. The van der Waals surface area contributed by atoms with Gasteiger partial charge in [-0.05, 0) is 30.9 Å². The Bertz CT molecular complexity index is 574. The fraction of sp³-hybridized carbons (Fsp3) is 0.250. The van der Waals surface area contributed by atoms with E-state index >= 15 is 0 Å². The molecule has 2 heterocycles. The standard InChI is InChI=1S/C12H12N4S/c13-11(17)9-6-8-2-1-3-10(8)15-12(9)16-5-4-14-7-16/h4-7H,1-3H2,(H2,13,17). The van der Waals surface area contributed by atoms with Gasteiger partial charge in [0.25, 0.3) is 0 Å². The van der Waals surface area contributed by atoms with Gasteiger partial charge in [0, 0.05) is 18.1 Å². The number of hydrogen-bond acceptors (Lipinski definition) is 3. The van der Waals surface area contributed by atoms with E-state index in [9.17, 15) is 0 Å². The van der Waals surface area contributed by atoms with Gasteiger partial charge in [-0.1, -0.05) is 12.2 Å². The highest BCUT2D eigenvalue weighted by Gasteiger charge is 2.18. The van der Waals surface area contributed by atoms with Crippen molar-refractivity contribution in [1.29, 1.82) is 0 Å². The maximum Gasteiger partial charge on any atom is 0.148 e. The van der Waals surface area contributed by atoms with Crippen LogP contribution >= 0.6 is 12.2 Å². The summed E-state index contributed by atoms with van der Waals surface area (Å²) in [5.41, 5.74) is 9.04. The van der Waals surface area contributed by atoms with Crippen LogP contribution in [0.3, 0.4) is 0 Å². The van der Waals surface area contributed by atoms with Gasteiger partial charge in [0.15, 0.2) is 0 Å². The van der Waals surface area contributed by atoms with Gasteiger partial charge in [0.2, 0.25) is 0 Å². The second-order valence-corrected chi connectivity index (χ2v) is 4.59. The molecule has 0 aromatic carbocycles. The Labute approximate surface area is 104 Å². The third kappa shape index (κ3) is 1.72. The molecule has 1 aliphatic rings. The molecule has 0 bridgehead atoms. The minimum Gasteiger partial charge on any atom is -0.389 e. The van der Waals surface area contributed by atoms with Crippen LogP contribution in [0.2, 0.25) is 0 Å². The number of aryl methyl sites for hydroxylation is 2. The highest BCUT2D eigenvalue weighted by molar-refractivity contribution is 7.80. The number of pyridine rings is 1. The number of aromatic nitrogens is 3. The molecule has 0 saturated carbocycles. The van der Waals surface area contributed by atoms with Crippen molar-refractivity contribution in [1.82, 2.24) is 14.5 Å². The molecule has 0 unspecified atom stereocenters. The predicted molar refractivity (Wildman–Crippen MR) is 69.3 cm³/mol. The molecule has 4 nitrogen and oxygen atoms in total. The van der Waals surface area contributed by atoms with E-state index in [-0.39, 0.29) is 0 Å². The van der Waals surface area contributed by atoms with Crippen molar-refractivity contribution in [3.05, 3.63) is 41.6 Å². The van der Waals surface area contributed by atoms with E-state index in [0.717, 1.165) is 36.3 Å². The highest BCUT2D eigenvalue weighted by Crippen LogP contribution is 2.24. The summed E-state index contributed by atoms with van der Waals surface area (Å²) in [5, 5.41) is 0. The Balaban J connectivity index is 2.22. The molecule has 0 atom stereocenters. The Morgan fingerprint density at radius 1 is 1.41 bits per heavy atom. The van der Waals surface area contributed by atoms with Gasteiger partial charge in [0.1, 0.15) is 17.1 Å². The lowest BCUT2D eigenvalue weighted by atomic mass is 10.1. The fourth-order valence-electron chi connectivity index (χ4n) is 2.22. The van der Waals surface area contributed by atoms with Crippen molar-refractivity contribution in [2.75, 3.05) is 0 Å². The molecule has 0 amide bonds. The summed E-state index contributed by atoms with van der Waals surface area (Å²) in [7, 11) is 0. The Kier molecular flexibility index (Phi) is 2.40. The molecule has 86 valence electrons. The fourth-order valence-corrected chi connectivity index (χ4v) is 2.37. The first-order chi connectivity index (χ1) is 8.25. The Morgan fingerprint density at radius 2 is 2.29 bits per heavy atom. The molecule has 17 heavy (non-hydrogen) atoms. The lowest BCUT2D eigenvalue weighted by Crippen LogP contribution is -2.15. The van der Waals surface area contributed by atoms with E-state index in [1.165, 1.54) is 5.56 Å². The van der Waals surface area contributed by atoms with E-state index in [4.69, 9.17) is 18.0 Å². The van der Waals surface area contributed by atoms with E-state index < -0.39 is 0 Å². The van der Waals surface area contributed by atoms with Crippen molar-refractivity contribution < 1.29 is 0 Å². The lowest BCUT2D eigenvalue weighted by Gasteiger charge is -2.10. The zero-order chi connectivity index (χ0) is 11.8. The van der Waals surface area contributed by atoms with Crippen molar-refractivity contribution in [3.8, 4) is 5.82 Å². The quantitative estimate of drug-likeness (QED) is 0.811. The molecule has 0 radical (unpaired) electrons. The van der Waals surface area contributed by atoms with Gasteiger partial charge in [0.05, 0.1) is 5.56 Å². The minimum atomic E-state index is 0.385. The molecule has 2 aromatic rings. The number of hydrogen-bond donors (Lipinski definition) is 1. The minimum absolute atomic E-state index is 0.385. The third-order valence-electron chi connectivity index (χ3n) is 3.05. The van der Waals surface area contributed by atoms with Crippen LogP contribution in [-0.4, -0.2) is 19.5 Å². The summed E-state index contributed by atoms with van der Waals surface area (Å²) in [4.78, 5) is 9.09. The first kappa shape index (κ1) is 10.4. The average molecular weight is 244 g/mol. The largest absolute Gasteiger partial charge is 0.389 e. The van der Waals surface area contributed by atoms with Crippen LogP contribution in [0.1, 0.15) is 23.2 Å². The molecule has 1 aliphatic carbocycles. The van der Waals surface area contributed by atoms with Crippen molar-refractivity contribution >= 4 is 17.2 Å². The number of imidazole rings is 1.